The highest BCUT2D eigenvalue weighted by atomic mass is 35.5. The molecule has 0 saturated heterocycles. The molecule has 0 aromatic carbocycles. The first-order valence-electron chi connectivity index (χ1n) is 4.70. The highest BCUT2D eigenvalue weighted by Crippen LogP contribution is 2.14. The summed E-state index contributed by atoms with van der Waals surface area (Å²) in [5, 5.41) is 8.55. The average Bonchev–Trinajstić information content (AvgIpc) is 2.80. The van der Waals surface area contributed by atoms with Crippen LogP contribution in [0.2, 0.25) is 5.02 Å². The van der Waals surface area contributed by atoms with E-state index in [4.69, 9.17) is 16.1 Å². The van der Waals surface area contributed by atoms with Crippen LogP contribution in [0.15, 0.2) is 10.7 Å². The summed E-state index contributed by atoms with van der Waals surface area (Å²) in [7, 11) is 0. The molecule has 2 aromatic rings. The Bertz CT molecular complexity index is 462. The number of hydrogen-bond acceptors (Lipinski definition) is 4. The smallest absolute Gasteiger partial charge is 0.248 e. The van der Waals surface area contributed by atoms with E-state index in [2.05, 4.69) is 15.2 Å². The SMILES string of the molecule is CCc1noc(Cn2ncc(Cl)c2C)n1. The third-order valence-corrected chi connectivity index (χ3v) is 2.53. The zero-order chi connectivity index (χ0) is 10.8. The molecule has 2 aromatic heterocycles. The highest BCUT2D eigenvalue weighted by Gasteiger charge is 2.09. The van der Waals surface area contributed by atoms with Gasteiger partial charge in [0.15, 0.2) is 5.82 Å². The van der Waals surface area contributed by atoms with E-state index in [1.165, 1.54) is 0 Å². The van der Waals surface area contributed by atoms with Gasteiger partial charge in [0.2, 0.25) is 5.89 Å². The first-order chi connectivity index (χ1) is 7.20. The molecule has 5 nitrogen and oxygen atoms in total. The second-order valence-electron chi connectivity index (χ2n) is 3.19. The summed E-state index contributed by atoms with van der Waals surface area (Å²) >= 11 is 5.88. The summed E-state index contributed by atoms with van der Waals surface area (Å²) < 4.78 is 6.79. The van der Waals surface area contributed by atoms with E-state index in [0.29, 0.717) is 23.3 Å². The zero-order valence-electron chi connectivity index (χ0n) is 8.57. The van der Waals surface area contributed by atoms with Crippen LogP contribution in [0.25, 0.3) is 0 Å². The molecule has 80 valence electrons. The number of halogens is 1. The maximum atomic E-state index is 5.88. The molecule has 2 rings (SSSR count). The predicted octanol–water partition coefficient (Wildman–Crippen LogP) is 1.84. The van der Waals surface area contributed by atoms with Crippen molar-refractivity contribution in [2.24, 2.45) is 0 Å². The Morgan fingerprint density at radius 2 is 2.33 bits per heavy atom. The second kappa shape index (κ2) is 4.02. The van der Waals surface area contributed by atoms with Crippen molar-refractivity contribution in [1.29, 1.82) is 0 Å². The maximum absolute atomic E-state index is 5.88. The third-order valence-electron chi connectivity index (χ3n) is 2.15. The quantitative estimate of drug-likeness (QED) is 0.801. The van der Waals surface area contributed by atoms with Gasteiger partial charge in [-0.2, -0.15) is 10.1 Å². The summed E-state index contributed by atoms with van der Waals surface area (Å²) in [5.41, 5.74) is 0.896. The Balaban J connectivity index is 2.18. The fourth-order valence-electron chi connectivity index (χ4n) is 1.21. The monoisotopic (exact) mass is 226 g/mol. The predicted molar refractivity (Wildman–Crippen MR) is 54.8 cm³/mol. The van der Waals surface area contributed by atoms with E-state index in [0.717, 1.165) is 12.1 Å². The van der Waals surface area contributed by atoms with Gasteiger partial charge in [-0.25, -0.2) is 0 Å². The van der Waals surface area contributed by atoms with Gasteiger partial charge in [-0.15, -0.1) is 0 Å². The van der Waals surface area contributed by atoms with Crippen LogP contribution in [0.3, 0.4) is 0 Å². The van der Waals surface area contributed by atoms with E-state index >= 15 is 0 Å². The molecular formula is C9H11ClN4O. The Hall–Kier alpha value is -1.36. The van der Waals surface area contributed by atoms with Gasteiger partial charge >= 0.3 is 0 Å². The van der Waals surface area contributed by atoms with Crippen LogP contribution >= 0.6 is 11.6 Å². The van der Waals surface area contributed by atoms with E-state index in [1.54, 1.807) is 10.9 Å². The van der Waals surface area contributed by atoms with Gasteiger partial charge in [0.1, 0.15) is 6.54 Å². The van der Waals surface area contributed by atoms with Crippen LogP contribution in [0.5, 0.6) is 0 Å². The molecular weight excluding hydrogens is 216 g/mol. The van der Waals surface area contributed by atoms with Gasteiger partial charge in [-0.05, 0) is 6.92 Å². The van der Waals surface area contributed by atoms with Crippen LogP contribution in [0, 0.1) is 6.92 Å². The molecule has 0 radical (unpaired) electrons. The Morgan fingerprint density at radius 1 is 1.53 bits per heavy atom. The topological polar surface area (TPSA) is 56.7 Å². The van der Waals surface area contributed by atoms with Crippen LogP contribution in [0.1, 0.15) is 24.3 Å². The highest BCUT2D eigenvalue weighted by molar-refractivity contribution is 6.31. The Kier molecular flexibility index (Phi) is 2.73. The summed E-state index contributed by atoms with van der Waals surface area (Å²) in [6.45, 7) is 4.34. The van der Waals surface area contributed by atoms with Gasteiger partial charge in [0, 0.05) is 6.42 Å². The molecule has 0 spiro atoms. The largest absolute Gasteiger partial charge is 0.337 e. The first kappa shape index (κ1) is 10.2. The summed E-state index contributed by atoms with van der Waals surface area (Å²) in [6, 6.07) is 0. The molecule has 0 saturated carbocycles. The minimum atomic E-state index is 0.464. The van der Waals surface area contributed by atoms with Crippen molar-refractivity contribution in [2.75, 3.05) is 0 Å². The zero-order valence-corrected chi connectivity index (χ0v) is 9.32. The van der Waals surface area contributed by atoms with Crippen LogP contribution in [0.4, 0.5) is 0 Å². The number of rotatable bonds is 3. The minimum absolute atomic E-state index is 0.464. The molecule has 0 atom stereocenters. The van der Waals surface area contributed by atoms with Gasteiger partial charge in [-0.3, -0.25) is 4.68 Å². The van der Waals surface area contributed by atoms with E-state index < -0.39 is 0 Å². The van der Waals surface area contributed by atoms with Crippen molar-refractivity contribution in [2.45, 2.75) is 26.8 Å². The van der Waals surface area contributed by atoms with Crippen LogP contribution in [-0.2, 0) is 13.0 Å². The molecule has 6 heteroatoms. The number of aryl methyl sites for hydroxylation is 1. The standard InChI is InChI=1S/C9H11ClN4O/c1-3-8-12-9(15-13-8)5-14-6(2)7(10)4-11-14/h4H,3,5H2,1-2H3. The summed E-state index contributed by atoms with van der Waals surface area (Å²) in [6.07, 6.45) is 2.37. The molecule has 0 amide bonds. The van der Waals surface area contributed by atoms with Crippen LogP contribution < -0.4 is 0 Å². The molecule has 0 aliphatic heterocycles. The van der Waals surface area contributed by atoms with Gasteiger partial charge in [0.05, 0.1) is 16.9 Å². The fraction of sp³-hybridized carbons (Fsp3) is 0.444. The maximum Gasteiger partial charge on any atom is 0.248 e. The Morgan fingerprint density at radius 3 is 2.87 bits per heavy atom. The second-order valence-corrected chi connectivity index (χ2v) is 3.60. The lowest BCUT2D eigenvalue weighted by atomic mass is 10.4. The lowest BCUT2D eigenvalue weighted by Crippen LogP contribution is -2.03. The van der Waals surface area contributed by atoms with E-state index in [9.17, 15) is 0 Å². The van der Waals surface area contributed by atoms with Crippen molar-refractivity contribution in [3.8, 4) is 0 Å². The third kappa shape index (κ3) is 2.02. The Labute approximate surface area is 92.0 Å². The number of hydrogen-bond donors (Lipinski definition) is 0. The fourth-order valence-corrected chi connectivity index (χ4v) is 1.35. The summed E-state index contributed by atoms with van der Waals surface area (Å²) in [4.78, 5) is 4.19. The number of nitrogens with zero attached hydrogens (tertiary/aromatic N) is 4. The van der Waals surface area contributed by atoms with E-state index in [1.807, 2.05) is 13.8 Å². The lowest BCUT2D eigenvalue weighted by molar-refractivity contribution is 0.360. The minimum Gasteiger partial charge on any atom is -0.337 e. The lowest BCUT2D eigenvalue weighted by Gasteiger charge is -1.98. The molecule has 2 heterocycles. The summed E-state index contributed by atoms with van der Waals surface area (Å²) in [5.74, 6) is 1.26. The molecule has 0 aliphatic carbocycles. The van der Waals surface area contributed by atoms with Gasteiger partial charge < -0.3 is 4.52 Å². The van der Waals surface area contributed by atoms with Crippen molar-refractivity contribution in [1.82, 2.24) is 19.9 Å². The molecule has 0 unspecified atom stereocenters. The van der Waals surface area contributed by atoms with Crippen LogP contribution in [-0.4, -0.2) is 19.9 Å². The average molecular weight is 227 g/mol. The molecule has 0 aliphatic rings. The molecule has 0 N–H and O–H groups in total. The van der Waals surface area contributed by atoms with Crippen molar-refractivity contribution >= 4 is 11.6 Å². The van der Waals surface area contributed by atoms with Gasteiger partial charge in [0.25, 0.3) is 0 Å². The first-order valence-corrected chi connectivity index (χ1v) is 5.08. The van der Waals surface area contributed by atoms with Crippen molar-refractivity contribution in [3.05, 3.63) is 28.6 Å². The molecule has 0 bridgehead atoms. The van der Waals surface area contributed by atoms with E-state index in [-0.39, 0.29) is 0 Å². The van der Waals surface area contributed by atoms with Gasteiger partial charge in [-0.1, -0.05) is 23.7 Å². The molecule has 15 heavy (non-hydrogen) atoms. The van der Waals surface area contributed by atoms with Crippen molar-refractivity contribution < 1.29 is 4.52 Å². The number of aromatic nitrogens is 4. The normalized spacial score (nSPS) is 10.9. The molecule has 0 fully saturated rings. The van der Waals surface area contributed by atoms with Crippen molar-refractivity contribution in [3.63, 3.8) is 0 Å².